The molecule has 1 saturated heterocycles. The van der Waals surface area contributed by atoms with Gasteiger partial charge in [-0.2, -0.15) is 0 Å². The Morgan fingerprint density at radius 2 is 1.68 bits per heavy atom. The van der Waals surface area contributed by atoms with Crippen molar-refractivity contribution in [2.75, 3.05) is 31.1 Å². The third-order valence-electron chi connectivity index (χ3n) is 3.39. The highest BCUT2D eigenvalue weighted by atomic mass is 16.6. The molecule has 0 spiro atoms. The van der Waals surface area contributed by atoms with Crippen LogP contribution in [0.15, 0.2) is 36.4 Å². The molecule has 1 N–H and O–H groups in total. The van der Waals surface area contributed by atoms with Gasteiger partial charge in [0.1, 0.15) is 0 Å². The average molecular weight is 305 g/mol. The molecule has 1 heterocycles. The van der Waals surface area contributed by atoms with Crippen molar-refractivity contribution in [3.05, 3.63) is 46.5 Å². The van der Waals surface area contributed by atoms with E-state index in [9.17, 15) is 19.7 Å². The highest BCUT2D eigenvalue weighted by Gasteiger charge is 2.20. The topological polar surface area (TPSA) is 104 Å². The van der Waals surface area contributed by atoms with E-state index in [1.54, 1.807) is 17.0 Å². The second-order valence-electron chi connectivity index (χ2n) is 4.76. The molecular weight excluding hydrogens is 290 g/mol. The fourth-order valence-corrected chi connectivity index (χ4v) is 2.22. The molecule has 2 rings (SSSR count). The molecule has 0 bridgehead atoms. The monoisotopic (exact) mass is 305 g/mol. The second-order valence-corrected chi connectivity index (χ2v) is 4.76. The summed E-state index contributed by atoms with van der Waals surface area (Å²) in [6.45, 7) is 2.12. The van der Waals surface area contributed by atoms with Gasteiger partial charge >= 0.3 is 5.97 Å². The number of nitro benzene ring substituents is 1. The van der Waals surface area contributed by atoms with Gasteiger partial charge in [0.25, 0.3) is 5.69 Å². The van der Waals surface area contributed by atoms with E-state index < -0.39 is 10.9 Å². The number of nitro groups is 1. The number of carboxylic acid groups (broad SMARTS) is 1. The van der Waals surface area contributed by atoms with Gasteiger partial charge in [0.15, 0.2) is 0 Å². The van der Waals surface area contributed by atoms with Gasteiger partial charge in [0.05, 0.1) is 4.92 Å². The Bertz CT molecular complexity index is 603. The normalized spacial score (nSPS) is 15.1. The average Bonchev–Trinajstić information content (AvgIpc) is 2.53. The smallest absolute Gasteiger partial charge is 0.328 e. The summed E-state index contributed by atoms with van der Waals surface area (Å²) in [5.74, 6) is -1.48. The predicted octanol–water partition coefficient (Wildman–Crippen LogP) is 0.884. The molecule has 0 unspecified atom stereocenters. The molecule has 1 aliphatic rings. The molecule has 0 aromatic heterocycles. The predicted molar refractivity (Wildman–Crippen MR) is 78.7 cm³/mol. The van der Waals surface area contributed by atoms with Crippen molar-refractivity contribution >= 4 is 23.3 Å². The van der Waals surface area contributed by atoms with Crippen LogP contribution < -0.4 is 4.90 Å². The van der Waals surface area contributed by atoms with Gasteiger partial charge in [0, 0.05) is 56.2 Å². The molecule has 0 aliphatic carbocycles. The third-order valence-corrected chi connectivity index (χ3v) is 3.39. The van der Waals surface area contributed by atoms with E-state index in [4.69, 9.17) is 5.11 Å². The van der Waals surface area contributed by atoms with Crippen LogP contribution in [-0.4, -0.2) is 53.0 Å². The molecule has 1 aromatic carbocycles. The van der Waals surface area contributed by atoms with Gasteiger partial charge in [-0.1, -0.05) is 0 Å². The summed E-state index contributed by atoms with van der Waals surface area (Å²) in [7, 11) is 0. The van der Waals surface area contributed by atoms with Crippen LogP contribution in [0, 0.1) is 10.1 Å². The Morgan fingerprint density at radius 1 is 1.09 bits per heavy atom. The van der Waals surface area contributed by atoms with Crippen molar-refractivity contribution in [1.29, 1.82) is 0 Å². The molecule has 22 heavy (non-hydrogen) atoms. The lowest BCUT2D eigenvalue weighted by atomic mass is 10.2. The Hall–Kier alpha value is -2.90. The molecule has 1 aliphatic heterocycles. The van der Waals surface area contributed by atoms with E-state index in [1.165, 1.54) is 12.1 Å². The summed E-state index contributed by atoms with van der Waals surface area (Å²) in [4.78, 5) is 35.9. The molecule has 8 nitrogen and oxygen atoms in total. The van der Waals surface area contributed by atoms with Crippen molar-refractivity contribution in [1.82, 2.24) is 4.90 Å². The second kappa shape index (κ2) is 6.70. The van der Waals surface area contributed by atoms with Crippen LogP contribution in [0.3, 0.4) is 0 Å². The number of non-ortho nitro benzene ring substituents is 1. The number of nitrogens with zero attached hydrogens (tertiary/aromatic N) is 3. The van der Waals surface area contributed by atoms with E-state index in [2.05, 4.69) is 0 Å². The number of piperazine rings is 1. The zero-order valence-corrected chi connectivity index (χ0v) is 11.7. The first-order valence-corrected chi connectivity index (χ1v) is 6.66. The van der Waals surface area contributed by atoms with E-state index >= 15 is 0 Å². The summed E-state index contributed by atoms with van der Waals surface area (Å²) >= 11 is 0. The highest BCUT2D eigenvalue weighted by Crippen LogP contribution is 2.20. The Labute approximate surface area is 126 Å². The van der Waals surface area contributed by atoms with Crippen LogP contribution in [0.2, 0.25) is 0 Å². The maximum atomic E-state index is 11.7. The van der Waals surface area contributed by atoms with Crippen LogP contribution >= 0.6 is 0 Å². The summed E-state index contributed by atoms with van der Waals surface area (Å²) in [6.07, 6.45) is 1.87. The fraction of sp³-hybridized carbons (Fsp3) is 0.286. The number of anilines is 1. The van der Waals surface area contributed by atoms with Crippen LogP contribution in [0.5, 0.6) is 0 Å². The highest BCUT2D eigenvalue weighted by molar-refractivity contribution is 5.94. The summed E-state index contributed by atoms with van der Waals surface area (Å²) in [6, 6.07) is 6.25. The van der Waals surface area contributed by atoms with Gasteiger partial charge in [-0.05, 0) is 12.1 Å². The minimum absolute atomic E-state index is 0.0383. The van der Waals surface area contributed by atoms with Gasteiger partial charge in [-0.3, -0.25) is 14.9 Å². The number of aliphatic carboxylic acids is 1. The maximum absolute atomic E-state index is 11.7. The van der Waals surface area contributed by atoms with Gasteiger partial charge in [-0.15, -0.1) is 0 Å². The number of carbonyl (C=O) groups excluding carboxylic acids is 1. The van der Waals surface area contributed by atoms with E-state index in [-0.39, 0.29) is 11.6 Å². The lowest BCUT2D eigenvalue weighted by Gasteiger charge is -2.35. The van der Waals surface area contributed by atoms with Crippen molar-refractivity contribution in [3.8, 4) is 0 Å². The molecule has 0 radical (unpaired) electrons. The molecule has 0 atom stereocenters. The standard InChI is InChI=1S/C14H15N3O5/c18-13(5-6-14(19)20)16-9-7-15(8-10-16)11-1-3-12(4-2-11)17(21)22/h1-6H,7-10H2,(H,19,20)/b6-5+. The molecular formula is C14H15N3O5. The lowest BCUT2D eigenvalue weighted by molar-refractivity contribution is -0.384. The summed E-state index contributed by atoms with van der Waals surface area (Å²) < 4.78 is 0. The lowest BCUT2D eigenvalue weighted by Crippen LogP contribution is -2.48. The van der Waals surface area contributed by atoms with Crippen LogP contribution in [0.1, 0.15) is 0 Å². The van der Waals surface area contributed by atoms with E-state index in [0.29, 0.717) is 26.2 Å². The first-order chi connectivity index (χ1) is 10.5. The number of carboxylic acids is 1. The number of hydrogen-bond acceptors (Lipinski definition) is 5. The Kier molecular flexibility index (Phi) is 4.72. The van der Waals surface area contributed by atoms with Crippen LogP contribution in [-0.2, 0) is 9.59 Å². The summed E-state index contributed by atoms with van der Waals surface area (Å²) in [5.41, 5.74) is 0.898. The number of carbonyl (C=O) groups is 2. The number of amides is 1. The third kappa shape index (κ3) is 3.81. The summed E-state index contributed by atoms with van der Waals surface area (Å²) in [5, 5.41) is 19.1. The number of hydrogen-bond donors (Lipinski definition) is 1. The molecule has 0 saturated carbocycles. The molecule has 1 fully saturated rings. The van der Waals surface area contributed by atoms with Gasteiger partial charge < -0.3 is 14.9 Å². The number of rotatable bonds is 4. The Morgan fingerprint density at radius 3 is 2.18 bits per heavy atom. The van der Waals surface area contributed by atoms with Crippen molar-refractivity contribution in [3.63, 3.8) is 0 Å². The largest absolute Gasteiger partial charge is 0.478 e. The maximum Gasteiger partial charge on any atom is 0.328 e. The van der Waals surface area contributed by atoms with Crippen molar-refractivity contribution < 1.29 is 19.6 Å². The van der Waals surface area contributed by atoms with Crippen molar-refractivity contribution in [2.45, 2.75) is 0 Å². The zero-order valence-electron chi connectivity index (χ0n) is 11.7. The molecule has 1 aromatic rings. The molecule has 116 valence electrons. The van der Waals surface area contributed by atoms with Gasteiger partial charge in [0.2, 0.25) is 5.91 Å². The SMILES string of the molecule is O=C(O)/C=C/C(=O)N1CCN(c2ccc([N+](=O)[O-])cc2)CC1. The first kappa shape index (κ1) is 15.5. The quantitative estimate of drug-likeness (QED) is 0.503. The fourth-order valence-electron chi connectivity index (χ4n) is 2.22. The zero-order chi connectivity index (χ0) is 16.1. The van der Waals surface area contributed by atoms with Gasteiger partial charge in [-0.25, -0.2) is 4.79 Å². The number of benzene rings is 1. The minimum Gasteiger partial charge on any atom is -0.478 e. The Balaban J connectivity index is 1.93. The van der Waals surface area contributed by atoms with Crippen LogP contribution in [0.25, 0.3) is 0 Å². The van der Waals surface area contributed by atoms with E-state index in [0.717, 1.165) is 17.8 Å². The van der Waals surface area contributed by atoms with Crippen LogP contribution in [0.4, 0.5) is 11.4 Å². The van der Waals surface area contributed by atoms with E-state index in [1.807, 2.05) is 4.90 Å². The molecule has 8 heteroatoms. The first-order valence-electron chi connectivity index (χ1n) is 6.66. The van der Waals surface area contributed by atoms with Crippen molar-refractivity contribution in [2.24, 2.45) is 0 Å². The molecule has 1 amide bonds. The minimum atomic E-state index is -1.15.